The lowest BCUT2D eigenvalue weighted by Crippen LogP contribution is -2.26. The average molecular weight is 254 g/mol. The molecular formula is C9H18O6S. The predicted octanol–water partition coefficient (Wildman–Crippen LogP) is 0.824. The lowest BCUT2D eigenvalue weighted by atomic mass is 10.4. The Hall–Kier alpha value is -0.210. The summed E-state index contributed by atoms with van der Waals surface area (Å²) in [4.78, 5) is 0. The molecule has 1 atom stereocenters. The second-order valence-corrected chi connectivity index (χ2v) is 5.53. The van der Waals surface area contributed by atoms with Crippen LogP contribution in [0.4, 0.5) is 0 Å². The van der Waals surface area contributed by atoms with Crippen molar-refractivity contribution in [2.75, 3.05) is 13.2 Å². The van der Waals surface area contributed by atoms with E-state index >= 15 is 0 Å². The fourth-order valence-corrected chi connectivity index (χ4v) is 2.11. The summed E-state index contributed by atoms with van der Waals surface area (Å²) in [6, 6.07) is 0. The van der Waals surface area contributed by atoms with E-state index in [1.54, 1.807) is 27.7 Å². The summed E-state index contributed by atoms with van der Waals surface area (Å²) in [5.74, 6) is -0.684. The quantitative estimate of drug-likeness (QED) is 0.723. The molecule has 16 heavy (non-hydrogen) atoms. The van der Waals surface area contributed by atoms with Crippen LogP contribution in [0.15, 0.2) is 0 Å². The van der Waals surface area contributed by atoms with Gasteiger partial charge in [-0.3, -0.25) is 0 Å². The highest BCUT2D eigenvalue weighted by atomic mass is 32.3. The lowest BCUT2D eigenvalue weighted by molar-refractivity contribution is -0.141. The first-order valence-corrected chi connectivity index (χ1v) is 6.43. The molecule has 1 unspecified atom stereocenters. The second-order valence-electron chi connectivity index (χ2n) is 4.29. The Kier molecular flexibility index (Phi) is 4.30. The van der Waals surface area contributed by atoms with Gasteiger partial charge in [-0.15, -0.1) is 0 Å². The van der Waals surface area contributed by atoms with Crippen molar-refractivity contribution in [1.29, 1.82) is 0 Å². The van der Waals surface area contributed by atoms with Crippen LogP contribution < -0.4 is 0 Å². The normalized spacial score (nSPS) is 25.2. The zero-order valence-corrected chi connectivity index (χ0v) is 10.7. The molecule has 0 spiro atoms. The van der Waals surface area contributed by atoms with E-state index in [2.05, 4.69) is 8.37 Å². The molecule has 0 amide bonds. The molecule has 1 heterocycles. The third kappa shape index (κ3) is 4.75. The Morgan fingerprint density at radius 1 is 1.44 bits per heavy atom. The maximum Gasteiger partial charge on any atom is 0.400 e. The number of ether oxygens (including phenoxy) is 2. The van der Waals surface area contributed by atoms with Crippen LogP contribution in [0, 0.1) is 0 Å². The molecule has 0 aliphatic carbocycles. The van der Waals surface area contributed by atoms with Gasteiger partial charge in [-0.2, -0.15) is 8.42 Å². The number of hydrogen-bond donors (Lipinski definition) is 0. The van der Waals surface area contributed by atoms with E-state index in [9.17, 15) is 8.42 Å². The van der Waals surface area contributed by atoms with Crippen LogP contribution in [-0.2, 0) is 28.2 Å². The minimum atomic E-state index is -3.94. The first-order chi connectivity index (χ1) is 7.20. The molecule has 6 nitrogen and oxygen atoms in total. The molecule has 0 aromatic rings. The minimum Gasteiger partial charge on any atom is -0.348 e. The summed E-state index contributed by atoms with van der Waals surface area (Å²) >= 11 is 0. The standard InChI is InChI=1S/C9H18O6S/c1-7(2)15-16(10,11)13-6-8-5-12-9(3,4)14-8/h7-8H,5-6H2,1-4H3. The van der Waals surface area contributed by atoms with E-state index in [0.717, 1.165) is 0 Å². The maximum absolute atomic E-state index is 11.2. The van der Waals surface area contributed by atoms with Crippen LogP contribution in [0.1, 0.15) is 27.7 Å². The molecule has 0 aromatic carbocycles. The van der Waals surface area contributed by atoms with Gasteiger partial charge >= 0.3 is 10.4 Å². The fourth-order valence-electron chi connectivity index (χ4n) is 1.27. The molecule has 1 aliphatic heterocycles. The Morgan fingerprint density at radius 3 is 2.50 bits per heavy atom. The summed E-state index contributed by atoms with van der Waals surface area (Å²) < 4.78 is 42.3. The Labute approximate surface area is 96.2 Å². The summed E-state index contributed by atoms with van der Waals surface area (Å²) in [5, 5.41) is 0. The molecule has 96 valence electrons. The van der Waals surface area contributed by atoms with Crippen LogP contribution in [0.3, 0.4) is 0 Å². The molecule has 0 aromatic heterocycles. The number of rotatable bonds is 5. The Morgan fingerprint density at radius 2 is 2.06 bits per heavy atom. The van der Waals surface area contributed by atoms with Gasteiger partial charge in [-0.1, -0.05) is 0 Å². The van der Waals surface area contributed by atoms with Crippen LogP contribution in [0.5, 0.6) is 0 Å². The van der Waals surface area contributed by atoms with Crippen molar-refractivity contribution in [2.45, 2.75) is 45.7 Å². The van der Waals surface area contributed by atoms with E-state index in [1.807, 2.05) is 0 Å². The molecule has 0 N–H and O–H groups in total. The molecule has 0 bridgehead atoms. The van der Waals surface area contributed by atoms with Crippen molar-refractivity contribution in [3.63, 3.8) is 0 Å². The highest BCUT2D eigenvalue weighted by Crippen LogP contribution is 2.22. The third-order valence-corrected chi connectivity index (χ3v) is 2.82. The molecule has 1 rings (SSSR count). The molecule has 1 aliphatic rings. The Bertz CT molecular complexity index is 321. The molecular weight excluding hydrogens is 236 g/mol. The van der Waals surface area contributed by atoms with E-state index in [-0.39, 0.29) is 12.7 Å². The Balaban J connectivity index is 2.36. The smallest absolute Gasteiger partial charge is 0.348 e. The minimum absolute atomic E-state index is 0.0987. The van der Waals surface area contributed by atoms with Gasteiger partial charge in [-0.05, 0) is 27.7 Å². The fraction of sp³-hybridized carbons (Fsp3) is 1.00. The van der Waals surface area contributed by atoms with Crippen molar-refractivity contribution in [1.82, 2.24) is 0 Å². The molecule has 0 saturated carbocycles. The van der Waals surface area contributed by atoms with Crippen LogP contribution in [0.25, 0.3) is 0 Å². The first-order valence-electron chi connectivity index (χ1n) is 5.09. The zero-order chi connectivity index (χ0) is 12.4. The van der Waals surface area contributed by atoms with Gasteiger partial charge in [0.2, 0.25) is 0 Å². The van der Waals surface area contributed by atoms with Crippen molar-refractivity contribution >= 4 is 10.4 Å². The van der Waals surface area contributed by atoms with Crippen molar-refractivity contribution in [3.8, 4) is 0 Å². The first kappa shape index (κ1) is 13.9. The SMILES string of the molecule is CC(C)OS(=O)(=O)OCC1COC(C)(C)O1. The van der Waals surface area contributed by atoms with Gasteiger partial charge in [0.1, 0.15) is 6.10 Å². The summed E-state index contributed by atoms with van der Waals surface area (Å²) in [7, 11) is -3.94. The van der Waals surface area contributed by atoms with Gasteiger partial charge in [0.25, 0.3) is 0 Å². The molecule has 1 saturated heterocycles. The third-order valence-electron chi connectivity index (χ3n) is 1.78. The van der Waals surface area contributed by atoms with Crippen molar-refractivity contribution < 1.29 is 26.3 Å². The monoisotopic (exact) mass is 254 g/mol. The van der Waals surface area contributed by atoms with Crippen LogP contribution in [0.2, 0.25) is 0 Å². The van der Waals surface area contributed by atoms with Gasteiger partial charge in [0.15, 0.2) is 5.79 Å². The largest absolute Gasteiger partial charge is 0.400 e. The lowest BCUT2D eigenvalue weighted by Gasteiger charge is -2.17. The predicted molar refractivity (Wildman–Crippen MR) is 56.0 cm³/mol. The van der Waals surface area contributed by atoms with Crippen molar-refractivity contribution in [2.24, 2.45) is 0 Å². The topological polar surface area (TPSA) is 71.1 Å². The van der Waals surface area contributed by atoms with Gasteiger partial charge < -0.3 is 9.47 Å². The number of hydrogen-bond acceptors (Lipinski definition) is 6. The van der Waals surface area contributed by atoms with Gasteiger partial charge in [0.05, 0.1) is 19.3 Å². The van der Waals surface area contributed by atoms with E-state index in [1.165, 1.54) is 0 Å². The second kappa shape index (κ2) is 4.97. The summed E-state index contributed by atoms with van der Waals surface area (Å²) in [6.07, 6.45) is -0.831. The van der Waals surface area contributed by atoms with Crippen LogP contribution >= 0.6 is 0 Å². The summed E-state index contributed by atoms with van der Waals surface area (Å²) in [5.41, 5.74) is 0. The van der Waals surface area contributed by atoms with E-state index in [4.69, 9.17) is 9.47 Å². The van der Waals surface area contributed by atoms with E-state index in [0.29, 0.717) is 6.61 Å². The van der Waals surface area contributed by atoms with Crippen molar-refractivity contribution in [3.05, 3.63) is 0 Å². The average Bonchev–Trinajstić information content (AvgIpc) is 2.40. The molecule has 7 heteroatoms. The highest BCUT2D eigenvalue weighted by molar-refractivity contribution is 7.81. The van der Waals surface area contributed by atoms with Gasteiger partial charge in [0, 0.05) is 0 Å². The highest BCUT2D eigenvalue weighted by Gasteiger charge is 2.33. The molecule has 1 fully saturated rings. The summed E-state index contributed by atoms with van der Waals surface area (Å²) in [6.45, 7) is 6.94. The maximum atomic E-state index is 11.2. The zero-order valence-electron chi connectivity index (χ0n) is 9.93. The molecule has 0 radical (unpaired) electrons. The van der Waals surface area contributed by atoms with Gasteiger partial charge in [-0.25, -0.2) is 8.37 Å². The van der Waals surface area contributed by atoms with E-state index < -0.39 is 22.3 Å². The van der Waals surface area contributed by atoms with Crippen LogP contribution in [-0.4, -0.2) is 39.6 Å².